The molecule has 4 nitrogen and oxygen atoms in total. The number of alkyl halides is 3. The van der Waals surface area contributed by atoms with Gasteiger partial charge in [0.05, 0.1) is 6.54 Å². The van der Waals surface area contributed by atoms with Gasteiger partial charge in [0.25, 0.3) is 5.91 Å². The van der Waals surface area contributed by atoms with Crippen molar-refractivity contribution in [3.8, 4) is 0 Å². The van der Waals surface area contributed by atoms with Crippen LogP contribution in [0.25, 0.3) is 0 Å². The maximum atomic E-state index is 13.1. The van der Waals surface area contributed by atoms with Crippen LogP contribution < -0.4 is 10.6 Å². The Morgan fingerprint density at radius 1 is 1.13 bits per heavy atom. The summed E-state index contributed by atoms with van der Waals surface area (Å²) in [5.41, 5.74) is 0.288. The molecule has 2 amide bonds. The van der Waals surface area contributed by atoms with Crippen LogP contribution in [0.1, 0.15) is 22.0 Å². The Balaban J connectivity index is 1.97. The number of halogens is 3. The molecule has 23 heavy (non-hydrogen) atoms. The average molecular weight is 342 g/mol. The van der Waals surface area contributed by atoms with E-state index >= 15 is 0 Å². The highest BCUT2D eigenvalue weighted by atomic mass is 32.1. The summed E-state index contributed by atoms with van der Waals surface area (Å²) in [6, 6.07) is 6.50. The largest absolute Gasteiger partial charge is 0.412 e. The average Bonchev–Trinajstić information content (AvgIpc) is 3.04. The number of nitrogens with one attached hydrogen (secondary N) is 2. The van der Waals surface area contributed by atoms with E-state index in [1.54, 1.807) is 22.9 Å². The number of carbonyl (C=O) groups is 2. The van der Waals surface area contributed by atoms with E-state index in [1.165, 1.54) is 35.6 Å². The third-order valence-corrected chi connectivity index (χ3v) is 3.64. The second-order valence-corrected chi connectivity index (χ2v) is 5.43. The number of thiophene rings is 1. The summed E-state index contributed by atoms with van der Waals surface area (Å²) in [5, 5.41) is 7.44. The summed E-state index contributed by atoms with van der Waals surface area (Å²) in [6.07, 6.45) is -4.63. The SMILES string of the molecule is O=C(CNC(=O)c1ccsc1)N[C@H](c1ccccc1)C(F)(F)F. The molecule has 8 heteroatoms. The second-order valence-electron chi connectivity index (χ2n) is 4.65. The molecule has 0 bridgehead atoms. The minimum Gasteiger partial charge on any atom is -0.343 e. The van der Waals surface area contributed by atoms with Gasteiger partial charge in [0.2, 0.25) is 5.91 Å². The van der Waals surface area contributed by atoms with Crippen molar-refractivity contribution in [3.63, 3.8) is 0 Å². The number of carbonyl (C=O) groups excluding carboxylic acids is 2. The molecule has 0 aliphatic heterocycles. The Morgan fingerprint density at radius 2 is 1.83 bits per heavy atom. The topological polar surface area (TPSA) is 58.2 Å². The van der Waals surface area contributed by atoms with E-state index in [1.807, 2.05) is 5.32 Å². The Kier molecular flexibility index (Phi) is 5.38. The van der Waals surface area contributed by atoms with Crippen molar-refractivity contribution in [2.75, 3.05) is 6.54 Å². The van der Waals surface area contributed by atoms with E-state index in [4.69, 9.17) is 0 Å². The van der Waals surface area contributed by atoms with E-state index in [9.17, 15) is 22.8 Å². The summed E-state index contributed by atoms with van der Waals surface area (Å²) in [7, 11) is 0. The first-order valence-corrected chi connectivity index (χ1v) is 7.53. The standard InChI is InChI=1S/C15H13F3N2O2S/c16-15(17,18)13(10-4-2-1-3-5-10)20-12(21)8-19-14(22)11-6-7-23-9-11/h1-7,9,13H,8H2,(H,19,22)(H,20,21)/t13-/m1/s1. The van der Waals surface area contributed by atoms with Crippen LogP contribution in [0.15, 0.2) is 47.2 Å². The highest BCUT2D eigenvalue weighted by Gasteiger charge is 2.41. The van der Waals surface area contributed by atoms with Gasteiger partial charge in [0, 0.05) is 10.9 Å². The first-order valence-electron chi connectivity index (χ1n) is 6.59. The van der Waals surface area contributed by atoms with Crippen molar-refractivity contribution in [1.29, 1.82) is 0 Å². The summed E-state index contributed by atoms with van der Waals surface area (Å²) in [5.74, 6) is -1.43. The number of hydrogen-bond donors (Lipinski definition) is 2. The molecule has 0 aliphatic rings. The lowest BCUT2D eigenvalue weighted by atomic mass is 10.1. The quantitative estimate of drug-likeness (QED) is 0.878. The van der Waals surface area contributed by atoms with Crippen LogP contribution in [0, 0.1) is 0 Å². The highest BCUT2D eigenvalue weighted by molar-refractivity contribution is 7.08. The fourth-order valence-electron chi connectivity index (χ4n) is 1.87. The Labute approximate surface area is 134 Å². The van der Waals surface area contributed by atoms with Crippen LogP contribution in [-0.4, -0.2) is 24.5 Å². The first-order chi connectivity index (χ1) is 10.9. The molecular formula is C15H13F3N2O2S. The van der Waals surface area contributed by atoms with Crippen LogP contribution in [0.2, 0.25) is 0 Å². The Morgan fingerprint density at radius 3 is 2.39 bits per heavy atom. The predicted molar refractivity (Wildman–Crippen MR) is 80.0 cm³/mol. The van der Waals surface area contributed by atoms with Gasteiger partial charge in [0.1, 0.15) is 0 Å². The molecule has 0 saturated carbocycles. The van der Waals surface area contributed by atoms with Crippen molar-refractivity contribution >= 4 is 23.2 Å². The minimum absolute atomic E-state index is 0.0717. The van der Waals surface area contributed by atoms with Gasteiger partial charge in [-0.15, -0.1) is 0 Å². The van der Waals surface area contributed by atoms with Crippen molar-refractivity contribution in [3.05, 3.63) is 58.3 Å². The van der Waals surface area contributed by atoms with Gasteiger partial charge in [-0.05, 0) is 17.0 Å². The molecule has 0 saturated heterocycles. The van der Waals surface area contributed by atoms with Gasteiger partial charge in [-0.25, -0.2) is 0 Å². The van der Waals surface area contributed by atoms with Gasteiger partial charge in [-0.2, -0.15) is 24.5 Å². The number of rotatable bonds is 5. The molecular weight excluding hydrogens is 329 g/mol. The third kappa shape index (κ3) is 4.82. The van der Waals surface area contributed by atoms with Gasteiger partial charge in [0.15, 0.2) is 6.04 Å². The summed E-state index contributed by atoms with van der Waals surface area (Å²) < 4.78 is 39.3. The summed E-state index contributed by atoms with van der Waals surface area (Å²) in [4.78, 5) is 23.4. The lowest BCUT2D eigenvalue weighted by Crippen LogP contribution is -2.43. The van der Waals surface area contributed by atoms with E-state index in [0.717, 1.165) is 0 Å². The smallest absolute Gasteiger partial charge is 0.343 e. The van der Waals surface area contributed by atoms with Gasteiger partial charge < -0.3 is 10.6 Å². The van der Waals surface area contributed by atoms with Gasteiger partial charge in [-0.3, -0.25) is 9.59 Å². The molecule has 0 radical (unpaired) electrons. The van der Waals surface area contributed by atoms with Crippen molar-refractivity contribution in [1.82, 2.24) is 10.6 Å². The van der Waals surface area contributed by atoms with Gasteiger partial charge >= 0.3 is 6.18 Å². The number of amides is 2. The number of hydrogen-bond acceptors (Lipinski definition) is 3. The Bertz CT molecular complexity index is 657. The molecule has 1 atom stereocenters. The van der Waals surface area contributed by atoms with E-state index < -0.39 is 30.6 Å². The zero-order valence-corrected chi connectivity index (χ0v) is 12.6. The predicted octanol–water partition coefficient (Wildman–Crippen LogP) is 2.90. The Hall–Kier alpha value is -2.35. The molecule has 2 aromatic rings. The molecule has 2 N–H and O–H groups in total. The monoisotopic (exact) mass is 342 g/mol. The normalized spacial score (nSPS) is 12.5. The first kappa shape index (κ1) is 17.0. The molecule has 0 spiro atoms. The molecule has 0 aliphatic carbocycles. The molecule has 1 aromatic carbocycles. The fourth-order valence-corrected chi connectivity index (χ4v) is 2.50. The van der Waals surface area contributed by atoms with E-state index in [-0.39, 0.29) is 5.56 Å². The van der Waals surface area contributed by atoms with Crippen molar-refractivity contribution in [2.24, 2.45) is 0 Å². The second kappa shape index (κ2) is 7.28. The van der Waals surface area contributed by atoms with Crippen LogP contribution in [0.3, 0.4) is 0 Å². The van der Waals surface area contributed by atoms with Crippen LogP contribution in [0.5, 0.6) is 0 Å². The summed E-state index contributed by atoms with van der Waals surface area (Å²) >= 11 is 1.30. The van der Waals surface area contributed by atoms with Crippen molar-refractivity contribution in [2.45, 2.75) is 12.2 Å². The zero-order valence-electron chi connectivity index (χ0n) is 11.8. The molecule has 0 unspecified atom stereocenters. The van der Waals surface area contributed by atoms with Crippen LogP contribution in [0.4, 0.5) is 13.2 Å². The fraction of sp³-hybridized carbons (Fsp3) is 0.200. The maximum absolute atomic E-state index is 13.1. The van der Waals surface area contributed by atoms with Crippen LogP contribution >= 0.6 is 11.3 Å². The molecule has 2 rings (SSSR count). The van der Waals surface area contributed by atoms with Crippen LogP contribution in [-0.2, 0) is 4.79 Å². The van der Waals surface area contributed by atoms with E-state index in [2.05, 4.69) is 5.32 Å². The highest BCUT2D eigenvalue weighted by Crippen LogP contribution is 2.32. The zero-order chi connectivity index (χ0) is 16.9. The maximum Gasteiger partial charge on any atom is 0.412 e. The number of benzene rings is 1. The lowest BCUT2D eigenvalue weighted by Gasteiger charge is -2.22. The lowest BCUT2D eigenvalue weighted by molar-refractivity contribution is -0.163. The molecule has 0 fully saturated rings. The molecule has 1 heterocycles. The van der Waals surface area contributed by atoms with Gasteiger partial charge in [-0.1, -0.05) is 30.3 Å². The van der Waals surface area contributed by atoms with Crippen molar-refractivity contribution < 1.29 is 22.8 Å². The molecule has 122 valence electrons. The van der Waals surface area contributed by atoms with E-state index in [0.29, 0.717) is 5.56 Å². The third-order valence-electron chi connectivity index (χ3n) is 2.96. The minimum atomic E-state index is -4.63. The summed E-state index contributed by atoms with van der Waals surface area (Å²) in [6.45, 7) is -0.534. The molecule has 1 aromatic heterocycles.